The van der Waals surface area contributed by atoms with Gasteiger partial charge in [0.1, 0.15) is 5.69 Å². The number of thiocarbonyl (C=S) groups is 1. The number of amides is 1. The Bertz CT molecular complexity index is 1020. The van der Waals surface area contributed by atoms with E-state index in [0.29, 0.717) is 23.0 Å². The number of unbranched alkanes of at least 4 members (excludes halogenated alkanes) is 3. The Morgan fingerprint density at radius 1 is 0.968 bits per heavy atom. The Morgan fingerprint density at radius 2 is 1.65 bits per heavy atom. The summed E-state index contributed by atoms with van der Waals surface area (Å²) in [5.74, 6) is -0.0828. The van der Waals surface area contributed by atoms with Crippen LogP contribution in [0.25, 0.3) is 10.9 Å². The maximum Gasteiger partial charge on any atom is 0.269 e. The number of anilines is 1. The van der Waals surface area contributed by atoms with Crippen molar-refractivity contribution in [2.24, 2.45) is 0 Å². The molecule has 3 rings (SSSR count). The lowest BCUT2D eigenvalue weighted by atomic mass is 10.2. The molecule has 0 unspecified atom stereocenters. The number of nitrogens with zero attached hydrogens (tertiary/aromatic N) is 1. The van der Waals surface area contributed by atoms with Gasteiger partial charge in [-0.1, -0.05) is 31.0 Å². The number of aromatic amines is 1. The summed E-state index contributed by atoms with van der Waals surface area (Å²) in [7, 11) is 0. The number of hydrogen-bond donors (Lipinski definition) is 4. The van der Waals surface area contributed by atoms with E-state index in [4.69, 9.17) is 12.2 Å². The Labute approximate surface area is 185 Å². The highest BCUT2D eigenvalue weighted by atomic mass is 32.1. The van der Waals surface area contributed by atoms with Crippen LogP contribution in [0.5, 0.6) is 0 Å². The summed E-state index contributed by atoms with van der Waals surface area (Å²) < 4.78 is 0. The molecule has 0 radical (unpaired) electrons. The summed E-state index contributed by atoms with van der Waals surface area (Å²) in [5.41, 5.74) is 2.29. The number of H-pyrrole nitrogens is 1. The van der Waals surface area contributed by atoms with Crippen LogP contribution >= 0.6 is 12.2 Å². The number of nitrogens with one attached hydrogen (secondary N) is 4. The predicted molar refractivity (Wildman–Crippen MR) is 126 cm³/mol. The minimum Gasteiger partial charge on any atom is -0.362 e. The number of carbonyl (C=O) groups excluding carboxylic acids is 1. The smallest absolute Gasteiger partial charge is 0.269 e. The number of fused-ring (bicyclic) bond motifs is 1. The quantitative estimate of drug-likeness (QED) is 0.162. The first-order valence-corrected chi connectivity index (χ1v) is 10.6. The van der Waals surface area contributed by atoms with Crippen LogP contribution < -0.4 is 16.0 Å². The van der Waals surface area contributed by atoms with Gasteiger partial charge in [0.25, 0.3) is 11.6 Å². The number of aromatic nitrogens is 1. The van der Waals surface area contributed by atoms with E-state index in [1.165, 1.54) is 12.1 Å². The first kappa shape index (κ1) is 22.2. The topological polar surface area (TPSA) is 112 Å². The van der Waals surface area contributed by atoms with Crippen molar-refractivity contribution in [3.8, 4) is 0 Å². The third kappa shape index (κ3) is 6.78. The molecule has 0 saturated heterocycles. The molecule has 8 nitrogen and oxygen atoms in total. The van der Waals surface area contributed by atoms with Crippen LogP contribution in [0.3, 0.4) is 0 Å². The molecule has 162 valence electrons. The monoisotopic (exact) mass is 439 g/mol. The normalized spacial score (nSPS) is 10.6. The molecule has 3 aromatic rings. The molecule has 0 atom stereocenters. The van der Waals surface area contributed by atoms with Crippen LogP contribution in [-0.4, -0.2) is 34.0 Å². The van der Waals surface area contributed by atoms with Crippen LogP contribution in [0.15, 0.2) is 54.6 Å². The van der Waals surface area contributed by atoms with Crippen molar-refractivity contribution in [2.45, 2.75) is 25.7 Å². The van der Waals surface area contributed by atoms with Crippen molar-refractivity contribution in [2.75, 3.05) is 18.4 Å². The van der Waals surface area contributed by atoms with E-state index < -0.39 is 4.92 Å². The van der Waals surface area contributed by atoms with Gasteiger partial charge in [-0.3, -0.25) is 14.9 Å². The second-order valence-electron chi connectivity index (χ2n) is 7.13. The number of rotatable bonds is 10. The molecule has 9 heteroatoms. The van der Waals surface area contributed by atoms with Gasteiger partial charge in [-0.05, 0) is 49.3 Å². The van der Waals surface area contributed by atoms with Crippen molar-refractivity contribution in [3.63, 3.8) is 0 Å². The van der Waals surface area contributed by atoms with Crippen molar-refractivity contribution >= 4 is 45.5 Å². The molecule has 0 aliphatic rings. The zero-order valence-electron chi connectivity index (χ0n) is 17.0. The standard InChI is InChI=1S/C22H25N5O3S/c28-21(20-15-16-7-3-4-8-19(16)26-20)23-13-5-1-2-6-14-24-22(31)25-17-9-11-18(12-10-17)27(29)30/h3-4,7-12,15,26H,1-2,5-6,13-14H2,(H,23,28)(H2,24,25,31). The first-order chi connectivity index (χ1) is 15.0. The van der Waals surface area contributed by atoms with E-state index in [0.717, 1.165) is 43.1 Å². The number of nitro benzene ring substituents is 1. The highest BCUT2D eigenvalue weighted by molar-refractivity contribution is 7.80. The summed E-state index contributed by atoms with van der Waals surface area (Å²) >= 11 is 5.23. The average molecular weight is 440 g/mol. The summed E-state index contributed by atoms with van der Waals surface area (Å²) in [6.45, 7) is 1.38. The fraction of sp³-hybridized carbons (Fsp3) is 0.273. The fourth-order valence-corrected chi connectivity index (χ4v) is 3.36. The Morgan fingerprint density at radius 3 is 2.32 bits per heavy atom. The second kappa shape index (κ2) is 11.1. The number of para-hydroxylation sites is 1. The van der Waals surface area contributed by atoms with Gasteiger partial charge in [0.15, 0.2) is 5.11 Å². The minimum absolute atomic E-state index is 0.0435. The van der Waals surface area contributed by atoms with Crippen molar-refractivity contribution in [3.05, 3.63) is 70.4 Å². The molecule has 0 aliphatic heterocycles. The van der Waals surface area contributed by atoms with Crippen LogP contribution in [-0.2, 0) is 0 Å². The molecule has 0 saturated carbocycles. The Hall–Kier alpha value is -3.46. The van der Waals surface area contributed by atoms with Gasteiger partial charge in [-0.25, -0.2) is 0 Å². The molecule has 1 heterocycles. The molecular formula is C22H25N5O3S. The number of nitro groups is 1. The van der Waals surface area contributed by atoms with E-state index >= 15 is 0 Å². The lowest BCUT2D eigenvalue weighted by Crippen LogP contribution is -2.29. The van der Waals surface area contributed by atoms with E-state index in [1.54, 1.807) is 12.1 Å². The summed E-state index contributed by atoms with van der Waals surface area (Å²) in [6, 6.07) is 15.8. The maximum absolute atomic E-state index is 12.2. The third-order valence-corrected chi connectivity index (χ3v) is 5.03. The van der Waals surface area contributed by atoms with Crippen LogP contribution in [0.2, 0.25) is 0 Å². The van der Waals surface area contributed by atoms with Crippen molar-refractivity contribution in [1.82, 2.24) is 15.6 Å². The molecule has 1 aromatic heterocycles. The molecular weight excluding hydrogens is 414 g/mol. The van der Waals surface area contributed by atoms with Gasteiger partial charge in [0.05, 0.1) is 4.92 Å². The Kier molecular flexibility index (Phi) is 7.94. The molecule has 2 aromatic carbocycles. The molecule has 0 fully saturated rings. The lowest BCUT2D eigenvalue weighted by Gasteiger charge is -2.10. The summed E-state index contributed by atoms with van der Waals surface area (Å²) in [6.07, 6.45) is 3.90. The zero-order valence-corrected chi connectivity index (χ0v) is 17.8. The number of carbonyl (C=O) groups is 1. The van der Waals surface area contributed by atoms with Crippen molar-refractivity contribution in [1.29, 1.82) is 0 Å². The molecule has 1 amide bonds. The minimum atomic E-state index is -0.437. The second-order valence-corrected chi connectivity index (χ2v) is 7.53. The van der Waals surface area contributed by atoms with Crippen LogP contribution in [0.1, 0.15) is 36.2 Å². The molecule has 0 bridgehead atoms. The predicted octanol–water partition coefficient (Wildman–Crippen LogP) is 4.35. The van der Waals surface area contributed by atoms with Gasteiger partial charge in [-0.15, -0.1) is 0 Å². The van der Waals surface area contributed by atoms with Gasteiger partial charge in [0.2, 0.25) is 0 Å². The lowest BCUT2D eigenvalue weighted by molar-refractivity contribution is -0.384. The van der Waals surface area contributed by atoms with Gasteiger partial charge >= 0.3 is 0 Å². The average Bonchev–Trinajstić information content (AvgIpc) is 3.20. The zero-order chi connectivity index (χ0) is 22.1. The van der Waals surface area contributed by atoms with Crippen LogP contribution in [0.4, 0.5) is 11.4 Å². The first-order valence-electron chi connectivity index (χ1n) is 10.2. The summed E-state index contributed by atoms with van der Waals surface area (Å²) in [4.78, 5) is 25.6. The molecule has 4 N–H and O–H groups in total. The molecule has 31 heavy (non-hydrogen) atoms. The number of hydrogen-bond acceptors (Lipinski definition) is 4. The Balaban J connectivity index is 1.24. The number of non-ortho nitro benzene ring substituents is 1. The van der Waals surface area contributed by atoms with E-state index in [2.05, 4.69) is 20.9 Å². The van der Waals surface area contributed by atoms with E-state index in [-0.39, 0.29) is 11.6 Å². The van der Waals surface area contributed by atoms with E-state index in [1.807, 2.05) is 30.3 Å². The number of benzene rings is 2. The molecule has 0 aliphatic carbocycles. The van der Waals surface area contributed by atoms with Gasteiger partial charge < -0.3 is 20.9 Å². The third-order valence-electron chi connectivity index (χ3n) is 4.79. The van der Waals surface area contributed by atoms with Crippen LogP contribution in [0, 0.1) is 10.1 Å². The van der Waals surface area contributed by atoms with Gasteiger partial charge in [0, 0.05) is 41.8 Å². The molecule has 0 spiro atoms. The summed E-state index contributed by atoms with van der Waals surface area (Å²) in [5, 5.41) is 21.3. The SMILES string of the molecule is O=C(NCCCCCCNC(=S)Nc1ccc([N+](=O)[O-])cc1)c1cc2ccccc2[nH]1. The van der Waals surface area contributed by atoms with Gasteiger partial charge in [-0.2, -0.15) is 0 Å². The maximum atomic E-state index is 12.2. The highest BCUT2D eigenvalue weighted by Crippen LogP contribution is 2.15. The van der Waals surface area contributed by atoms with Crippen molar-refractivity contribution < 1.29 is 9.72 Å². The fourth-order valence-electron chi connectivity index (χ4n) is 3.14. The highest BCUT2D eigenvalue weighted by Gasteiger charge is 2.08. The largest absolute Gasteiger partial charge is 0.362 e. The van der Waals surface area contributed by atoms with E-state index in [9.17, 15) is 14.9 Å².